The number of hydrogen-bond acceptors (Lipinski definition) is 6. The first-order chi connectivity index (χ1) is 13.5. The molecule has 1 saturated heterocycles. The van der Waals surface area contributed by atoms with Crippen molar-refractivity contribution in [2.24, 2.45) is 5.92 Å². The molecule has 1 fully saturated rings. The summed E-state index contributed by atoms with van der Waals surface area (Å²) in [6.45, 7) is 5.49. The van der Waals surface area contributed by atoms with Crippen LogP contribution in [0.5, 0.6) is 0 Å². The molecular weight excluding hydrogens is 352 g/mol. The number of likely N-dealkylation sites (N-methyl/N-ethyl adjacent to an activating group) is 1. The minimum Gasteiger partial charge on any atom is -0.359 e. The van der Waals surface area contributed by atoms with Crippen LogP contribution in [0.15, 0.2) is 42.7 Å². The molecule has 2 aromatic rings. The second-order valence-electron chi connectivity index (χ2n) is 7.49. The maximum atomic E-state index is 12.4. The highest BCUT2D eigenvalue weighted by molar-refractivity contribution is 5.76. The van der Waals surface area contributed by atoms with Crippen LogP contribution in [0.25, 0.3) is 0 Å². The smallest absolute Gasteiger partial charge is 0.220 e. The molecule has 0 spiro atoms. The van der Waals surface area contributed by atoms with E-state index >= 15 is 0 Å². The van der Waals surface area contributed by atoms with Crippen LogP contribution < -0.4 is 21.1 Å². The van der Waals surface area contributed by atoms with Crippen molar-refractivity contribution < 1.29 is 4.79 Å². The van der Waals surface area contributed by atoms with Crippen LogP contribution in [0.2, 0.25) is 0 Å². The van der Waals surface area contributed by atoms with Crippen molar-refractivity contribution in [1.29, 1.82) is 0 Å². The molecule has 0 bridgehead atoms. The number of amides is 1. The van der Waals surface area contributed by atoms with E-state index in [2.05, 4.69) is 44.9 Å². The van der Waals surface area contributed by atoms with Gasteiger partial charge in [0.2, 0.25) is 5.91 Å². The molecular formula is C21H30N6O. The highest BCUT2D eigenvalue weighted by Crippen LogP contribution is 2.19. The fourth-order valence-corrected chi connectivity index (χ4v) is 3.59. The Morgan fingerprint density at radius 3 is 2.57 bits per heavy atom. The molecule has 0 saturated carbocycles. The number of nitrogens with one attached hydrogen (secondary N) is 3. The van der Waals surface area contributed by atoms with E-state index in [0.717, 1.165) is 30.0 Å². The molecule has 7 heteroatoms. The molecule has 28 heavy (non-hydrogen) atoms. The Morgan fingerprint density at radius 2 is 1.86 bits per heavy atom. The first-order valence-electron chi connectivity index (χ1n) is 9.87. The Balaban J connectivity index is 1.55. The third kappa shape index (κ3) is 5.27. The number of carbonyl (C=O) groups excluding carboxylic acids is 1. The number of carbonyl (C=O) groups is 1. The van der Waals surface area contributed by atoms with Gasteiger partial charge in [0.15, 0.2) is 0 Å². The van der Waals surface area contributed by atoms with E-state index in [-0.39, 0.29) is 23.9 Å². The van der Waals surface area contributed by atoms with Crippen molar-refractivity contribution in [2.75, 3.05) is 18.5 Å². The van der Waals surface area contributed by atoms with Gasteiger partial charge in [0.25, 0.3) is 0 Å². The van der Waals surface area contributed by atoms with Crippen molar-refractivity contribution in [3.63, 3.8) is 0 Å². The first kappa shape index (κ1) is 20.2. The predicted octanol–water partition coefficient (Wildman–Crippen LogP) is 1.66. The van der Waals surface area contributed by atoms with Crippen molar-refractivity contribution in [1.82, 2.24) is 26.1 Å². The fraction of sp³-hybridized carbons (Fsp3) is 0.476. The van der Waals surface area contributed by atoms with Crippen LogP contribution in [-0.4, -0.2) is 41.6 Å². The maximum Gasteiger partial charge on any atom is 0.220 e. The fourth-order valence-electron chi connectivity index (χ4n) is 3.59. The molecule has 2 aromatic heterocycles. The highest BCUT2D eigenvalue weighted by atomic mass is 16.1. The number of rotatable bonds is 8. The molecule has 0 aliphatic carbocycles. The molecule has 1 aliphatic rings. The molecule has 1 aliphatic heterocycles. The van der Waals surface area contributed by atoms with E-state index in [4.69, 9.17) is 0 Å². The Labute approximate surface area is 166 Å². The zero-order valence-corrected chi connectivity index (χ0v) is 16.9. The van der Waals surface area contributed by atoms with Crippen LogP contribution in [0.3, 0.4) is 0 Å². The molecule has 2 atom stereocenters. The molecule has 2 unspecified atom stereocenters. The molecule has 150 valence electrons. The third-order valence-corrected chi connectivity index (χ3v) is 5.38. The minimum absolute atomic E-state index is 0.0696. The average Bonchev–Trinajstić information content (AvgIpc) is 3.03. The molecule has 0 radical (unpaired) electrons. The molecule has 3 rings (SSSR count). The van der Waals surface area contributed by atoms with E-state index < -0.39 is 0 Å². The Hall–Kier alpha value is -2.51. The average molecular weight is 383 g/mol. The normalized spacial score (nSPS) is 21.5. The largest absolute Gasteiger partial charge is 0.359 e. The Morgan fingerprint density at radius 1 is 1.11 bits per heavy atom. The van der Waals surface area contributed by atoms with Gasteiger partial charge in [-0.1, -0.05) is 12.1 Å². The van der Waals surface area contributed by atoms with Gasteiger partial charge in [0, 0.05) is 74.6 Å². The summed E-state index contributed by atoms with van der Waals surface area (Å²) < 4.78 is 0. The van der Waals surface area contributed by atoms with Gasteiger partial charge in [-0.2, -0.15) is 0 Å². The van der Waals surface area contributed by atoms with Gasteiger partial charge in [0.1, 0.15) is 5.82 Å². The van der Waals surface area contributed by atoms with Gasteiger partial charge in [-0.05, 0) is 32.0 Å². The standard InChI is InChI=1S/C21H30N6O/c1-15-19(16(2)26-25-15)13-20(28)24-14-17-7-6-11-23-21(17)27(3)12-9-18-8-4-5-10-22-18/h4-8,10-11,15-16,19,25-26H,9,12-14H2,1-3H3,(H,24,28). The molecule has 3 heterocycles. The summed E-state index contributed by atoms with van der Waals surface area (Å²) in [7, 11) is 2.02. The lowest BCUT2D eigenvalue weighted by Crippen LogP contribution is -2.32. The molecule has 0 aromatic carbocycles. The van der Waals surface area contributed by atoms with Crippen molar-refractivity contribution in [3.8, 4) is 0 Å². The molecule has 7 nitrogen and oxygen atoms in total. The summed E-state index contributed by atoms with van der Waals surface area (Å²) in [6.07, 6.45) is 4.95. The summed E-state index contributed by atoms with van der Waals surface area (Å²) in [6, 6.07) is 10.4. The summed E-state index contributed by atoms with van der Waals surface area (Å²) >= 11 is 0. The van der Waals surface area contributed by atoms with Crippen LogP contribution in [0, 0.1) is 5.92 Å². The van der Waals surface area contributed by atoms with Crippen molar-refractivity contribution in [3.05, 3.63) is 54.0 Å². The molecule has 1 amide bonds. The van der Waals surface area contributed by atoms with Crippen LogP contribution in [-0.2, 0) is 17.8 Å². The number of pyridine rings is 2. The summed E-state index contributed by atoms with van der Waals surface area (Å²) in [5.74, 6) is 1.25. The minimum atomic E-state index is 0.0696. The lowest BCUT2D eigenvalue weighted by Gasteiger charge is -2.22. The zero-order valence-electron chi connectivity index (χ0n) is 16.9. The Bertz CT molecular complexity index is 759. The van der Waals surface area contributed by atoms with E-state index in [9.17, 15) is 4.79 Å². The third-order valence-electron chi connectivity index (χ3n) is 5.38. The SMILES string of the molecule is CC1NNC(C)C1CC(=O)NCc1cccnc1N(C)CCc1ccccn1. The quantitative estimate of drug-likeness (QED) is 0.644. The van der Waals surface area contributed by atoms with Gasteiger partial charge in [-0.3, -0.25) is 20.6 Å². The first-order valence-corrected chi connectivity index (χ1v) is 9.87. The van der Waals surface area contributed by atoms with Gasteiger partial charge in [-0.15, -0.1) is 0 Å². The topological polar surface area (TPSA) is 82.2 Å². The van der Waals surface area contributed by atoms with E-state index in [1.54, 1.807) is 6.20 Å². The van der Waals surface area contributed by atoms with Gasteiger partial charge in [-0.25, -0.2) is 4.98 Å². The summed E-state index contributed by atoms with van der Waals surface area (Å²) in [5, 5.41) is 3.06. The maximum absolute atomic E-state index is 12.4. The molecule has 3 N–H and O–H groups in total. The summed E-state index contributed by atoms with van der Waals surface area (Å²) in [4.78, 5) is 23.5. The number of anilines is 1. The van der Waals surface area contributed by atoms with Crippen molar-refractivity contribution in [2.45, 2.75) is 45.3 Å². The van der Waals surface area contributed by atoms with Crippen molar-refractivity contribution >= 4 is 11.7 Å². The number of nitrogens with zero attached hydrogens (tertiary/aromatic N) is 3. The van der Waals surface area contributed by atoms with Crippen LogP contribution >= 0.6 is 0 Å². The van der Waals surface area contributed by atoms with Gasteiger partial charge >= 0.3 is 0 Å². The zero-order chi connectivity index (χ0) is 19.9. The van der Waals surface area contributed by atoms with Gasteiger partial charge in [0.05, 0.1) is 0 Å². The van der Waals surface area contributed by atoms with E-state index in [1.165, 1.54) is 0 Å². The van der Waals surface area contributed by atoms with Crippen LogP contribution in [0.1, 0.15) is 31.5 Å². The second kappa shape index (κ2) is 9.61. The summed E-state index contributed by atoms with van der Waals surface area (Å²) in [5.41, 5.74) is 8.47. The predicted molar refractivity (Wildman–Crippen MR) is 111 cm³/mol. The number of aromatic nitrogens is 2. The van der Waals surface area contributed by atoms with E-state index in [0.29, 0.717) is 13.0 Å². The highest BCUT2D eigenvalue weighted by Gasteiger charge is 2.31. The second-order valence-corrected chi connectivity index (χ2v) is 7.49. The van der Waals surface area contributed by atoms with Gasteiger partial charge < -0.3 is 10.2 Å². The lowest BCUT2D eigenvalue weighted by atomic mass is 9.93. The van der Waals surface area contributed by atoms with Crippen LogP contribution in [0.4, 0.5) is 5.82 Å². The monoisotopic (exact) mass is 382 g/mol. The van der Waals surface area contributed by atoms with E-state index in [1.807, 2.05) is 43.6 Å². The number of hydrogen-bond donors (Lipinski definition) is 3. The number of hydrazine groups is 1. The lowest BCUT2D eigenvalue weighted by molar-refractivity contribution is -0.122. The Kier molecular flexibility index (Phi) is 6.95.